The highest BCUT2D eigenvalue weighted by Crippen LogP contribution is 2.65. The van der Waals surface area contributed by atoms with Gasteiger partial charge in [-0.3, -0.25) is 0 Å². The summed E-state index contributed by atoms with van der Waals surface area (Å²) in [4.78, 5) is 0. The van der Waals surface area contributed by atoms with Crippen LogP contribution in [0.4, 0.5) is 0 Å². The molecule has 5 rings (SSSR count). The van der Waals surface area contributed by atoms with Crippen LogP contribution in [0.5, 0.6) is 0 Å². The monoisotopic (exact) mass is 328 g/mol. The predicted octanol–water partition coefficient (Wildman–Crippen LogP) is 5.32. The lowest BCUT2D eigenvalue weighted by Gasteiger charge is -2.29. The van der Waals surface area contributed by atoms with Gasteiger partial charge < -0.3 is 0 Å². The lowest BCUT2D eigenvalue weighted by atomic mass is 9.86. The molecule has 0 aromatic carbocycles. The lowest BCUT2D eigenvalue weighted by Crippen LogP contribution is -2.26. The summed E-state index contributed by atoms with van der Waals surface area (Å²) >= 11 is 13.4. The Kier molecular flexibility index (Phi) is 2.45. The molecule has 4 aliphatic rings. The molecule has 2 heterocycles. The summed E-state index contributed by atoms with van der Waals surface area (Å²) in [5.41, 5.74) is 0. The van der Waals surface area contributed by atoms with E-state index in [4.69, 9.17) is 12.2 Å². The van der Waals surface area contributed by atoms with Crippen LogP contribution in [-0.4, -0.2) is 10.5 Å². The first-order valence-electron chi connectivity index (χ1n) is 6.45. The zero-order valence-corrected chi connectivity index (χ0v) is 13.7. The van der Waals surface area contributed by atoms with Gasteiger partial charge in [0.1, 0.15) is 3.14 Å². The standard InChI is InChI=1S/C13H12S5/c14-13-17-11-12(18-13)16-10-8(15-11)4-7-5-1-2-6(3-5)9(7)10/h1-2,5-10H,3-4H2/t5-,6-,7-,8-,9+,10+/m0/s1. The van der Waals surface area contributed by atoms with Gasteiger partial charge in [-0.05, 0) is 36.5 Å². The number of fused-ring (bicyclic) bond motifs is 8. The van der Waals surface area contributed by atoms with Crippen LogP contribution in [0, 0.1) is 26.8 Å². The molecule has 0 N–H and O–H groups in total. The summed E-state index contributed by atoms with van der Waals surface area (Å²) in [7, 11) is 0. The van der Waals surface area contributed by atoms with E-state index in [1.165, 1.54) is 21.3 Å². The van der Waals surface area contributed by atoms with Gasteiger partial charge in [0, 0.05) is 10.5 Å². The van der Waals surface area contributed by atoms with Crippen molar-refractivity contribution in [3.8, 4) is 0 Å². The van der Waals surface area contributed by atoms with E-state index in [0.29, 0.717) is 0 Å². The minimum absolute atomic E-state index is 0.864. The normalized spacial score (nSPS) is 47.1. The number of rotatable bonds is 0. The summed E-state index contributed by atoms with van der Waals surface area (Å²) in [5, 5.41) is 1.73. The maximum atomic E-state index is 5.36. The average Bonchev–Trinajstić information content (AvgIpc) is 3.03. The fraction of sp³-hybridized carbons (Fsp3) is 0.615. The molecule has 6 atom stereocenters. The lowest BCUT2D eigenvalue weighted by molar-refractivity contribution is 0.369. The van der Waals surface area contributed by atoms with Crippen molar-refractivity contribution in [2.45, 2.75) is 31.8 Å². The van der Waals surface area contributed by atoms with Crippen LogP contribution in [0.2, 0.25) is 0 Å². The van der Waals surface area contributed by atoms with Crippen molar-refractivity contribution < 1.29 is 0 Å². The van der Waals surface area contributed by atoms with E-state index in [2.05, 4.69) is 35.7 Å². The smallest absolute Gasteiger partial charge is 0.109 e. The second-order valence-electron chi connectivity index (χ2n) is 5.69. The van der Waals surface area contributed by atoms with E-state index < -0.39 is 0 Å². The third kappa shape index (κ3) is 1.43. The topological polar surface area (TPSA) is 0 Å². The van der Waals surface area contributed by atoms with Crippen LogP contribution in [0.3, 0.4) is 0 Å². The molecule has 18 heavy (non-hydrogen) atoms. The molecule has 5 heteroatoms. The summed E-state index contributed by atoms with van der Waals surface area (Å²) in [6.07, 6.45) is 7.94. The van der Waals surface area contributed by atoms with Gasteiger partial charge in [0.05, 0.1) is 8.42 Å². The molecule has 3 aliphatic carbocycles. The van der Waals surface area contributed by atoms with Crippen molar-refractivity contribution in [1.82, 2.24) is 0 Å². The van der Waals surface area contributed by atoms with Gasteiger partial charge in [0.2, 0.25) is 0 Å². The van der Waals surface area contributed by atoms with Crippen molar-refractivity contribution in [3.05, 3.63) is 15.3 Å². The van der Waals surface area contributed by atoms with Crippen molar-refractivity contribution in [1.29, 1.82) is 0 Å². The maximum absolute atomic E-state index is 5.36. The van der Waals surface area contributed by atoms with Crippen LogP contribution < -0.4 is 0 Å². The van der Waals surface area contributed by atoms with E-state index in [-0.39, 0.29) is 0 Å². The molecule has 0 radical (unpaired) electrons. The Hall–Kier alpha value is 0.710. The number of allylic oxidation sites excluding steroid dienone is 2. The second-order valence-corrected chi connectivity index (χ2v) is 11.9. The number of hydrogen-bond acceptors (Lipinski definition) is 5. The molecule has 1 aromatic heterocycles. The Balaban J connectivity index is 1.55. The van der Waals surface area contributed by atoms with E-state index >= 15 is 0 Å². The Morgan fingerprint density at radius 1 is 1.00 bits per heavy atom. The van der Waals surface area contributed by atoms with Crippen LogP contribution in [-0.2, 0) is 0 Å². The van der Waals surface area contributed by atoms with Crippen LogP contribution in [0.1, 0.15) is 12.8 Å². The summed E-state index contributed by atoms with van der Waals surface area (Å²) in [6.45, 7) is 0. The maximum Gasteiger partial charge on any atom is 0.145 e. The van der Waals surface area contributed by atoms with Crippen LogP contribution in [0.15, 0.2) is 20.6 Å². The van der Waals surface area contributed by atoms with E-state index in [1.54, 1.807) is 0 Å². The molecule has 0 nitrogen and oxygen atoms in total. The van der Waals surface area contributed by atoms with Crippen molar-refractivity contribution in [3.63, 3.8) is 0 Å². The van der Waals surface area contributed by atoms with E-state index in [0.717, 1.165) is 37.3 Å². The fourth-order valence-electron chi connectivity index (χ4n) is 4.36. The highest BCUT2D eigenvalue weighted by Gasteiger charge is 2.56. The number of thioether (sulfide) groups is 2. The zero-order chi connectivity index (χ0) is 11.9. The van der Waals surface area contributed by atoms with Gasteiger partial charge in [0.25, 0.3) is 0 Å². The SMILES string of the molecule is S=c1sc2c(s1)S[C@H]1C[C@@H]3[C@H]([C@@H]1S2)[C@H]1C=C[C@H]3C1. The highest BCUT2D eigenvalue weighted by atomic mass is 32.2. The Morgan fingerprint density at radius 2 is 1.78 bits per heavy atom. The summed E-state index contributed by atoms with van der Waals surface area (Å²) < 4.78 is 4.17. The third-order valence-corrected chi connectivity index (χ3v) is 11.4. The number of hydrogen-bond donors (Lipinski definition) is 0. The summed E-state index contributed by atoms with van der Waals surface area (Å²) in [6, 6.07) is 0. The largest absolute Gasteiger partial charge is 0.145 e. The van der Waals surface area contributed by atoms with Gasteiger partial charge >= 0.3 is 0 Å². The molecule has 1 aromatic rings. The summed E-state index contributed by atoms with van der Waals surface area (Å²) in [5.74, 6) is 3.78. The highest BCUT2D eigenvalue weighted by molar-refractivity contribution is 8.09. The van der Waals surface area contributed by atoms with Crippen molar-refractivity contribution in [2.24, 2.45) is 23.7 Å². The van der Waals surface area contributed by atoms with E-state index in [1.807, 2.05) is 22.7 Å². The molecule has 2 bridgehead atoms. The van der Waals surface area contributed by atoms with Crippen LogP contribution >= 0.6 is 58.4 Å². The quantitative estimate of drug-likeness (QED) is 0.467. The van der Waals surface area contributed by atoms with Crippen molar-refractivity contribution in [2.75, 3.05) is 0 Å². The molecule has 0 spiro atoms. The van der Waals surface area contributed by atoms with Gasteiger partial charge in [-0.15, -0.1) is 46.2 Å². The minimum atomic E-state index is 0.864. The van der Waals surface area contributed by atoms with Gasteiger partial charge in [-0.1, -0.05) is 24.4 Å². The van der Waals surface area contributed by atoms with Gasteiger partial charge in [-0.25, -0.2) is 0 Å². The molecule has 1 aliphatic heterocycles. The first kappa shape index (κ1) is 11.4. The first-order chi connectivity index (χ1) is 8.79. The molecule has 0 amide bonds. The third-order valence-electron chi connectivity index (χ3n) is 4.96. The van der Waals surface area contributed by atoms with E-state index in [9.17, 15) is 0 Å². The Labute approximate surface area is 128 Å². The Morgan fingerprint density at radius 3 is 2.67 bits per heavy atom. The average molecular weight is 329 g/mol. The van der Waals surface area contributed by atoms with Gasteiger partial charge in [-0.2, -0.15) is 0 Å². The zero-order valence-electron chi connectivity index (χ0n) is 9.57. The first-order valence-corrected chi connectivity index (χ1v) is 10.3. The van der Waals surface area contributed by atoms with Crippen LogP contribution in [0.25, 0.3) is 0 Å². The molecule has 0 saturated heterocycles. The minimum Gasteiger partial charge on any atom is -0.109 e. The predicted molar refractivity (Wildman–Crippen MR) is 84.7 cm³/mol. The molecule has 94 valence electrons. The molecule has 0 unspecified atom stereocenters. The molecular weight excluding hydrogens is 316 g/mol. The van der Waals surface area contributed by atoms with Crippen molar-refractivity contribution >= 4 is 58.4 Å². The van der Waals surface area contributed by atoms with Gasteiger partial charge in [0.15, 0.2) is 0 Å². The molecular formula is C13H12S5. The molecule has 2 saturated carbocycles. The molecule has 2 fully saturated rings. The Bertz CT molecular complexity index is 597. The second kappa shape index (κ2) is 3.88. The fourth-order valence-corrected chi connectivity index (χ4v) is 11.8.